The number of hydrogen-bond donors (Lipinski definition) is 0. The number of hydrogen-bond acceptors (Lipinski definition) is 6. The Bertz CT molecular complexity index is 763. The van der Waals surface area contributed by atoms with E-state index in [1.165, 1.54) is 48.2 Å². The van der Waals surface area contributed by atoms with Crippen LogP contribution in [-0.2, 0) is 11.3 Å². The van der Waals surface area contributed by atoms with Crippen LogP contribution < -0.4 is 4.90 Å². The molecule has 2 fully saturated rings. The fraction of sp³-hybridized carbons (Fsp3) is 0.700. The monoisotopic (exact) mass is 374 g/mol. The van der Waals surface area contributed by atoms with E-state index in [0.29, 0.717) is 6.10 Å². The normalized spacial score (nSPS) is 21.1. The lowest BCUT2D eigenvalue weighted by Crippen LogP contribution is -2.33. The van der Waals surface area contributed by atoms with E-state index in [2.05, 4.69) is 30.6 Å². The maximum atomic E-state index is 5.90. The smallest absolute Gasteiger partial charge is 0.146 e. The van der Waals surface area contributed by atoms with Crippen LogP contribution in [0.25, 0.3) is 10.2 Å². The molecule has 0 N–H and O–H groups in total. The van der Waals surface area contributed by atoms with Crippen molar-refractivity contribution in [3.8, 4) is 0 Å². The average Bonchev–Trinajstić information content (AvgIpc) is 3.36. The highest BCUT2D eigenvalue weighted by molar-refractivity contribution is 7.18. The predicted octanol–water partition coefficient (Wildman–Crippen LogP) is 3.91. The molecule has 2 aliphatic heterocycles. The largest absolute Gasteiger partial charge is 0.376 e. The summed E-state index contributed by atoms with van der Waals surface area (Å²) < 4.78 is 5.90. The number of likely N-dealkylation sites (N-methyl/N-ethyl adjacent to an activating group) is 1. The van der Waals surface area contributed by atoms with E-state index in [9.17, 15) is 0 Å². The standard InChI is InChI=1S/C20H30N4OS/c1-4-24(12-16-8-7-11-25-16)19-18-14(2)15(3)26-20(18)22-17(21-19)13-23-9-5-6-10-23/h16H,4-13H2,1-3H3. The second-order valence-electron chi connectivity index (χ2n) is 7.58. The summed E-state index contributed by atoms with van der Waals surface area (Å²) in [6.07, 6.45) is 5.27. The number of anilines is 1. The Morgan fingerprint density at radius 3 is 2.69 bits per heavy atom. The van der Waals surface area contributed by atoms with Crippen molar-refractivity contribution in [1.29, 1.82) is 0 Å². The summed E-state index contributed by atoms with van der Waals surface area (Å²) in [5, 5.41) is 1.25. The minimum Gasteiger partial charge on any atom is -0.376 e. The van der Waals surface area contributed by atoms with Crippen LogP contribution in [0.15, 0.2) is 0 Å². The molecule has 0 aliphatic carbocycles. The molecule has 2 aromatic heterocycles. The Kier molecular flexibility index (Phi) is 5.43. The molecule has 2 saturated heterocycles. The first kappa shape index (κ1) is 18.1. The van der Waals surface area contributed by atoms with Crippen LogP contribution in [0.4, 0.5) is 5.82 Å². The summed E-state index contributed by atoms with van der Waals surface area (Å²) in [5.41, 5.74) is 1.33. The van der Waals surface area contributed by atoms with Gasteiger partial charge >= 0.3 is 0 Å². The summed E-state index contributed by atoms with van der Waals surface area (Å²) in [6, 6.07) is 0. The molecule has 1 atom stereocenters. The number of thiophene rings is 1. The van der Waals surface area contributed by atoms with Crippen molar-refractivity contribution in [2.75, 3.05) is 37.7 Å². The number of aromatic nitrogens is 2. The van der Waals surface area contributed by atoms with Gasteiger partial charge < -0.3 is 9.64 Å². The van der Waals surface area contributed by atoms with E-state index >= 15 is 0 Å². The van der Waals surface area contributed by atoms with Crippen molar-refractivity contribution in [3.05, 3.63) is 16.3 Å². The molecular weight excluding hydrogens is 344 g/mol. The van der Waals surface area contributed by atoms with Crippen LogP contribution in [0.3, 0.4) is 0 Å². The van der Waals surface area contributed by atoms with Gasteiger partial charge in [-0.3, -0.25) is 4.90 Å². The maximum Gasteiger partial charge on any atom is 0.146 e. The lowest BCUT2D eigenvalue weighted by molar-refractivity contribution is 0.115. The van der Waals surface area contributed by atoms with Gasteiger partial charge in [0.15, 0.2) is 0 Å². The molecule has 6 heteroatoms. The number of fused-ring (bicyclic) bond motifs is 1. The van der Waals surface area contributed by atoms with E-state index in [1.54, 1.807) is 0 Å². The highest BCUT2D eigenvalue weighted by atomic mass is 32.1. The molecule has 0 amide bonds. The lowest BCUT2D eigenvalue weighted by atomic mass is 10.1. The predicted molar refractivity (Wildman–Crippen MR) is 108 cm³/mol. The topological polar surface area (TPSA) is 41.5 Å². The maximum absolute atomic E-state index is 5.90. The van der Waals surface area contributed by atoms with Gasteiger partial charge in [0, 0.05) is 24.6 Å². The second-order valence-corrected chi connectivity index (χ2v) is 8.79. The van der Waals surface area contributed by atoms with Crippen molar-refractivity contribution >= 4 is 27.4 Å². The molecule has 0 radical (unpaired) electrons. The minimum atomic E-state index is 0.335. The van der Waals surface area contributed by atoms with Crippen molar-refractivity contribution in [2.45, 2.75) is 59.1 Å². The van der Waals surface area contributed by atoms with Crippen molar-refractivity contribution in [1.82, 2.24) is 14.9 Å². The zero-order valence-corrected chi connectivity index (χ0v) is 17.1. The second kappa shape index (κ2) is 7.79. The number of ether oxygens (including phenoxy) is 1. The molecule has 0 aromatic carbocycles. The van der Waals surface area contributed by atoms with E-state index in [-0.39, 0.29) is 0 Å². The van der Waals surface area contributed by atoms with Gasteiger partial charge in [-0.1, -0.05) is 0 Å². The molecule has 1 unspecified atom stereocenters. The quantitative estimate of drug-likeness (QED) is 0.767. The van der Waals surface area contributed by atoms with E-state index in [4.69, 9.17) is 14.7 Å². The van der Waals surface area contributed by atoms with E-state index in [0.717, 1.165) is 49.1 Å². The molecule has 0 spiro atoms. The van der Waals surface area contributed by atoms with Gasteiger partial charge in [0.25, 0.3) is 0 Å². The Morgan fingerprint density at radius 2 is 2.00 bits per heavy atom. The third kappa shape index (κ3) is 3.59. The number of aryl methyl sites for hydroxylation is 2. The molecule has 0 saturated carbocycles. The summed E-state index contributed by atoms with van der Waals surface area (Å²) in [5.74, 6) is 2.09. The zero-order valence-electron chi connectivity index (χ0n) is 16.3. The molecule has 142 valence electrons. The molecule has 4 heterocycles. The molecule has 4 rings (SSSR count). The highest BCUT2D eigenvalue weighted by Gasteiger charge is 2.24. The van der Waals surface area contributed by atoms with Crippen LogP contribution in [0.2, 0.25) is 0 Å². The summed E-state index contributed by atoms with van der Waals surface area (Å²) in [6.45, 7) is 12.6. The molecular formula is C20H30N4OS. The fourth-order valence-electron chi connectivity index (χ4n) is 4.11. The third-order valence-corrected chi connectivity index (χ3v) is 6.85. The number of rotatable bonds is 6. The zero-order chi connectivity index (χ0) is 18.1. The first-order valence-electron chi connectivity index (χ1n) is 10.0. The Hall–Kier alpha value is -1.24. The van der Waals surface area contributed by atoms with Crippen LogP contribution in [0.1, 0.15) is 48.9 Å². The van der Waals surface area contributed by atoms with E-state index in [1.807, 2.05) is 11.3 Å². The lowest BCUT2D eigenvalue weighted by Gasteiger charge is -2.26. The SMILES string of the molecule is CCN(CC1CCCO1)c1nc(CN2CCCC2)nc2sc(C)c(C)c12. The third-order valence-electron chi connectivity index (χ3n) is 5.75. The number of nitrogens with zero attached hydrogens (tertiary/aromatic N) is 4. The molecule has 5 nitrogen and oxygen atoms in total. The molecule has 2 aliphatic rings. The first-order chi connectivity index (χ1) is 12.7. The average molecular weight is 375 g/mol. The molecule has 2 aromatic rings. The van der Waals surface area contributed by atoms with Gasteiger partial charge in [-0.15, -0.1) is 11.3 Å². The van der Waals surface area contributed by atoms with Crippen LogP contribution in [0, 0.1) is 13.8 Å². The molecule has 0 bridgehead atoms. The Labute approximate surface area is 160 Å². The van der Waals surface area contributed by atoms with Crippen molar-refractivity contribution in [2.24, 2.45) is 0 Å². The summed E-state index contributed by atoms with van der Waals surface area (Å²) >= 11 is 1.81. The molecule has 26 heavy (non-hydrogen) atoms. The van der Waals surface area contributed by atoms with Gasteiger partial charge in [-0.2, -0.15) is 0 Å². The van der Waals surface area contributed by atoms with E-state index < -0.39 is 0 Å². The van der Waals surface area contributed by atoms with Crippen molar-refractivity contribution < 1.29 is 4.74 Å². The van der Waals surface area contributed by atoms with Gasteiger partial charge in [0.2, 0.25) is 0 Å². The van der Waals surface area contributed by atoms with Gasteiger partial charge in [-0.05, 0) is 65.1 Å². The highest BCUT2D eigenvalue weighted by Crippen LogP contribution is 2.35. The van der Waals surface area contributed by atoms with Gasteiger partial charge in [0.05, 0.1) is 18.0 Å². The minimum absolute atomic E-state index is 0.335. The summed E-state index contributed by atoms with van der Waals surface area (Å²) in [7, 11) is 0. The summed E-state index contributed by atoms with van der Waals surface area (Å²) in [4.78, 5) is 17.4. The van der Waals surface area contributed by atoms with Crippen LogP contribution >= 0.6 is 11.3 Å². The van der Waals surface area contributed by atoms with Gasteiger partial charge in [-0.25, -0.2) is 9.97 Å². The Balaban J connectivity index is 1.71. The first-order valence-corrected chi connectivity index (χ1v) is 10.8. The van der Waals surface area contributed by atoms with Crippen LogP contribution in [-0.4, -0.2) is 53.8 Å². The number of likely N-dealkylation sites (tertiary alicyclic amines) is 1. The van der Waals surface area contributed by atoms with Gasteiger partial charge in [0.1, 0.15) is 16.5 Å². The van der Waals surface area contributed by atoms with Crippen LogP contribution in [0.5, 0.6) is 0 Å². The van der Waals surface area contributed by atoms with Crippen molar-refractivity contribution in [3.63, 3.8) is 0 Å². The Morgan fingerprint density at radius 1 is 1.19 bits per heavy atom. The fourth-order valence-corrected chi connectivity index (χ4v) is 5.15.